The molecule has 1 rings (SSSR count). The Hall–Kier alpha value is -1.10. The van der Waals surface area contributed by atoms with Gasteiger partial charge >= 0.3 is 0 Å². The first-order chi connectivity index (χ1) is 7.00. The summed E-state index contributed by atoms with van der Waals surface area (Å²) in [5.41, 5.74) is 0. The molecule has 1 saturated heterocycles. The Balaban J connectivity index is 2.42. The first-order valence-electron chi connectivity index (χ1n) is 5.18. The van der Waals surface area contributed by atoms with Crippen molar-refractivity contribution in [1.82, 2.24) is 9.80 Å². The van der Waals surface area contributed by atoms with E-state index in [1.54, 1.807) is 11.9 Å². The van der Waals surface area contributed by atoms with Crippen molar-refractivity contribution in [3.8, 4) is 0 Å². The predicted molar refractivity (Wildman–Crippen MR) is 55.1 cm³/mol. The van der Waals surface area contributed by atoms with Crippen LogP contribution in [0.25, 0.3) is 0 Å². The highest BCUT2D eigenvalue weighted by Gasteiger charge is 2.22. The fraction of sp³-hybridized carbons (Fsp3) is 0.800. The molecule has 15 heavy (non-hydrogen) atoms. The Kier molecular flexibility index (Phi) is 4.08. The van der Waals surface area contributed by atoms with Crippen molar-refractivity contribution in [2.24, 2.45) is 0 Å². The molecular formula is C10H18N2O3. The van der Waals surface area contributed by atoms with Gasteiger partial charge in [-0.15, -0.1) is 0 Å². The monoisotopic (exact) mass is 214 g/mol. The second kappa shape index (κ2) is 5.11. The van der Waals surface area contributed by atoms with Gasteiger partial charge in [0.15, 0.2) is 0 Å². The highest BCUT2D eigenvalue weighted by atomic mass is 16.3. The number of piperidine rings is 1. The number of nitrogens with zero attached hydrogens (tertiary/aromatic N) is 2. The molecular weight excluding hydrogens is 196 g/mol. The Bertz CT molecular complexity index is 255. The number of hydrogen-bond donors (Lipinski definition) is 1. The average molecular weight is 214 g/mol. The summed E-state index contributed by atoms with van der Waals surface area (Å²) in [7, 11) is 1.60. The van der Waals surface area contributed by atoms with E-state index in [1.807, 2.05) is 0 Å². The highest BCUT2D eigenvalue weighted by Crippen LogP contribution is 2.09. The van der Waals surface area contributed by atoms with E-state index in [1.165, 1.54) is 11.8 Å². The molecule has 1 aliphatic heterocycles. The molecule has 1 aliphatic rings. The van der Waals surface area contributed by atoms with Crippen LogP contribution in [-0.2, 0) is 9.59 Å². The molecule has 0 aromatic heterocycles. The number of likely N-dealkylation sites (N-methyl/N-ethyl adjacent to an activating group) is 1. The average Bonchev–Trinajstić information content (AvgIpc) is 2.17. The lowest BCUT2D eigenvalue weighted by Crippen LogP contribution is -2.46. The first kappa shape index (κ1) is 12.0. The van der Waals surface area contributed by atoms with Gasteiger partial charge in [-0.3, -0.25) is 9.59 Å². The van der Waals surface area contributed by atoms with Gasteiger partial charge in [0, 0.05) is 27.1 Å². The number of rotatable bonds is 2. The molecule has 1 atom stereocenters. The molecule has 0 aliphatic carbocycles. The minimum absolute atomic E-state index is 0.0912. The number of hydrogen-bond acceptors (Lipinski definition) is 3. The summed E-state index contributed by atoms with van der Waals surface area (Å²) < 4.78 is 0. The van der Waals surface area contributed by atoms with Crippen LogP contribution >= 0.6 is 0 Å². The summed E-state index contributed by atoms with van der Waals surface area (Å²) in [6, 6.07) is 0. The van der Waals surface area contributed by atoms with Crippen molar-refractivity contribution in [2.75, 3.05) is 26.7 Å². The van der Waals surface area contributed by atoms with Gasteiger partial charge in [0.2, 0.25) is 11.8 Å². The third kappa shape index (κ3) is 3.51. The Morgan fingerprint density at radius 2 is 2.20 bits per heavy atom. The van der Waals surface area contributed by atoms with Gasteiger partial charge in [0.05, 0.1) is 12.6 Å². The summed E-state index contributed by atoms with van der Waals surface area (Å²) >= 11 is 0. The predicted octanol–water partition coefficient (Wildman–Crippen LogP) is -0.552. The Labute approximate surface area is 89.7 Å². The van der Waals surface area contributed by atoms with E-state index in [2.05, 4.69) is 0 Å². The fourth-order valence-corrected chi connectivity index (χ4v) is 1.60. The number of carbonyl (C=O) groups excluding carboxylic acids is 2. The van der Waals surface area contributed by atoms with Crippen molar-refractivity contribution in [2.45, 2.75) is 25.9 Å². The first-order valence-corrected chi connectivity index (χ1v) is 5.18. The van der Waals surface area contributed by atoms with Gasteiger partial charge < -0.3 is 14.9 Å². The van der Waals surface area contributed by atoms with E-state index in [9.17, 15) is 14.7 Å². The van der Waals surface area contributed by atoms with Crippen LogP contribution in [0.2, 0.25) is 0 Å². The summed E-state index contributed by atoms with van der Waals surface area (Å²) in [4.78, 5) is 25.6. The van der Waals surface area contributed by atoms with E-state index in [-0.39, 0.29) is 18.4 Å². The van der Waals surface area contributed by atoms with Crippen LogP contribution in [0.4, 0.5) is 0 Å². The molecule has 0 aromatic rings. The maximum absolute atomic E-state index is 11.7. The maximum atomic E-state index is 11.7. The van der Waals surface area contributed by atoms with Crippen LogP contribution in [0.15, 0.2) is 0 Å². The van der Waals surface area contributed by atoms with Gasteiger partial charge in [0.25, 0.3) is 0 Å². The topological polar surface area (TPSA) is 60.9 Å². The highest BCUT2D eigenvalue weighted by molar-refractivity contribution is 5.83. The van der Waals surface area contributed by atoms with E-state index in [0.29, 0.717) is 13.1 Å². The lowest BCUT2D eigenvalue weighted by atomic mass is 10.1. The van der Waals surface area contributed by atoms with Crippen LogP contribution in [0.3, 0.4) is 0 Å². The minimum atomic E-state index is -0.412. The minimum Gasteiger partial charge on any atom is -0.391 e. The van der Waals surface area contributed by atoms with Gasteiger partial charge in [-0.05, 0) is 12.8 Å². The van der Waals surface area contributed by atoms with Crippen LogP contribution in [0, 0.1) is 0 Å². The zero-order valence-electron chi connectivity index (χ0n) is 9.27. The molecule has 0 radical (unpaired) electrons. The lowest BCUT2D eigenvalue weighted by molar-refractivity contribution is -0.140. The number of β-amino-alcohol motifs (C(OH)–C–C–N with tert-alkyl or cyclic N) is 1. The van der Waals surface area contributed by atoms with Gasteiger partial charge in [-0.25, -0.2) is 0 Å². The molecule has 0 bridgehead atoms. The van der Waals surface area contributed by atoms with Crippen molar-refractivity contribution >= 4 is 11.8 Å². The quantitative estimate of drug-likeness (QED) is 0.671. The molecule has 1 heterocycles. The Morgan fingerprint density at radius 1 is 1.53 bits per heavy atom. The third-order valence-electron chi connectivity index (χ3n) is 2.66. The third-order valence-corrected chi connectivity index (χ3v) is 2.66. The van der Waals surface area contributed by atoms with E-state index < -0.39 is 6.10 Å². The molecule has 1 N–H and O–H groups in total. The summed E-state index contributed by atoms with van der Waals surface area (Å²) in [5.74, 6) is -0.215. The molecule has 0 spiro atoms. The molecule has 5 heteroatoms. The number of aliphatic hydroxyl groups excluding tert-OH is 1. The van der Waals surface area contributed by atoms with Crippen molar-refractivity contribution in [1.29, 1.82) is 0 Å². The molecule has 1 fully saturated rings. The van der Waals surface area contributed by atoms with Gasteiger partial charge in [-0.2, -0.15) is 0 Å². The van der Waals surface area contributed by atoms with Gasteiger partial charge in [0.1, 0.15) is 0 Å². The normalized spacial score (nSPS) is 21.3. The van der Waals surface area contributed by atoms with Crippen molar-refractivity contribution in [3.63, 3.8) is 0 Å². The number of likely N-dealkylation sites (tertiary alicyclic amines) is 1. The standard InChI is InChI=1S/C10H18N2O3/c1-8(13)11(2)7-10(15)12-5-3-4-9(14)6-12/h9,14H,3-7H2,1-2H3. The maximum Gasteiger partial charge on any atom is 0.242 e. The number of aliphatic hydroxyl groups is 1. The zero-order chi connectivity index (χ0) is 11.4. The Morgan fingerprint density at radius 3 is 2.73 bits per heavy atom. The molecule has 5 nitrogen and oxygen atoms in total. The van der Waals surface area contributed by atoms with E-state index in [0.717, 1.165) is 12.8 Å². The van der Waals surface area contributed by atoms with Crippen molar-refractivity contribution in [3.05, 3.63) is 0 Å². The van der Waals surface area contributed by atoms with Crippen molar-refractivity contribution < 1.29 is 14.7 Å². The van der Waals surface area contributed by atoms with Crippen LogP contribution in [0.1, 0.15) is 19.8 Å². The van der Waals surface area contributed by atoms with E-state index >= 15 is 0 Å². The summed E-state index contributed by atoms with van der Waals surface area (Å²) in [6.45, 7) is 2.60. The van der Waals surface area contributed by atoms with E-state index in [4.69, 9.17) is 0 Å². The van der Waals surface area contributed by atoms with Gasteiger partial charge in [-0.1, -0.05) is 0 Å². The molecule has 86 valence electrons. The second-order valence-corrected chi connectivity index (χ2v) is 4.01. The molecule has 0 saturated carbocycles. The molecule has 2 amide bonds. The largest absolute Gasteiger partial charge is 0.391 e. The lowest BCUT2D eigenvalue weighted by Gasteiger charge is -2.31. The SMILES string of the molecule is CC(=O)N(C)CC(=O)N1CCCC(O)C1. The second-order valence-electron chi connectivity index (χ2n) is 4.01. The summed E-state index contributed by atoms with van der Waals surface area (Å²) in [6.07, 6.45) is 1.17. The smallest absolute Gasteiger partial charge is 0.242 e. The number of amides is 2. The van der Waals surface area contributed by atoms with Crippen LogP contribution in [0.5, 0.6) is 0 Å². The summed E-state index contributed by atoms with van der Waals surface area (Å²) in [5, 5.41) is 9.40. The molecule has 0 aromatic carbocycles. The zero-order valence-corrected chi connectivity index (χ0v) is 9.27. The van der Waals surface area contributed by atoms with Crippen LogP contribution < -0.4 is 0 Å². The fourth-order valence-electron chi connectivity index (χ4n) is 1.60. The molecule has 1 unspecified atom stereocenters. The van der Waals surface area contributed by atoms with Crippen LogP contribution in [-0.4, -0.2) is 59.5 Å². The number of carbonyl (C=O) groups is 2.